The number of halogens is 2. The van der Waals surface area contributed by atoms with E-state index in [0.29, 0.717) is 24.3 Å². The van der Waals surface area contributed by atoms with Gasteiger partial charge in [-0.2, -0.15) is 5.10 Å². The molecule has 0 aliphatic rings. The van der Waals surface area contributed by atoms with Gasteiger partial charge in [0.15, 0.2) is 17.5 Å². The minimum atomic E-state index is -1.07. The molecule has 0 bridgehead atoms. The minimum absolute atomic E-state index is 0.0396. The first-order chi connectivity index (χ1) is 15.3. The summed E-state index contributed by atoms with van der Waals surface area (Å²) in [5.74, 6) is -2.92. The molecule has 1 aromatic carbocycles. The van der Waals surface area contributed by atoms with Crippen molar-refractivity contribution in [3.05, 3.63) is 82.4 Å². The van der Waals surface area contributed by atoms with Gasteiger partial charge in [0.2, 0.25) is 0 Å². The fourth-order valence-electron chi connectivity index (χ4n) is 3.60. The monoisotopic (exact) mass is 438 g/mol. The quantitative estimate of drug-likeness (QED) is 0.500. The maximum absolute atomic E-state index is 15.0. The number of nitrogens with zero attached hydrogens (tertiary/aromatic N) is 5. The number of aromatic nitrogens is 5. The summed E-state index contributed by atoms with van der Waals surface area (Å²) in [7, 11) is 1.50. The first-order valence-corrected chi connectivity index (χ1v) is 9.77. The molecule has 164 valence electrons. The van der Waals surface area contributed by atoms with Crippen LogP contribution in [0.25, 0.3) is 22.4 Å². The van der Waals surface area contributed by atoms with Crippen LogP contribution < -0.4 is 11.3 Å². The van der Waals surface area contributed by atoms with Gasteiger partial charge in [-0.3, -0.25) is 14.3 Å². The Labute approximate surface area is 181 Å². The molecular weight excluding hydrogens is 418 g/mol. The highest BCUT2D eigenvalue weighted by molar-refractivity contribution is 5.90. The number of nitrogens with two attached hydrogens (primary N) is 1. The summed E-state index contributed by atoms with van der Waals surface area (Å²) in [4.78, 5) is 27.1. The largest absolute Gasteiger partial charge is 0.363 e. The van der Waals surface area contributed by atoms with E-state index in [1.165, 1.54) is 36.0 Å². The lowest BCUT2D eigenvalue weighted by atomic mass is 10.0. The smallest absolute Gasteiger partial charge is 0.284 e. The van der Waals surface area contributed by atoms with Crippen LogP contribution in [-0.4, -0.2) is 29.8 Å². The highest BCUT2D eigenvalue weighted by Gasteiger charge is 2.22. The molecule has 32 heavy (non-hydrogen) atoms. The number of rotatable bonds is 6. The molecule has 0 fully saturated rings. The maximum Gasteiger partial charge on any atom is 0.284 e. The number of amides is 1. The number of benzene rings is 1. The summed E-state index contributed by atoms with van der Waals surface area (Å²) >= 11 is 0. The van der Waals surface area contributed by atoms with E-state index in [-0.39, 0.29) is 28.2 Å². The maximum atomic E-state index is 15.0. The van der Waals surface area contributed by atoms with E-state index < -0.39 is 17.5 Å². The van der Waals surface area contributed by atoms with Crippen LogP contribution in [0.3, 0.4) is 0 Å². The molecular formula is C22H20F2N6O2. The van der Waals surface area contributed by atoms with Gasteiger partial charge < -0.3 is 14.9 Å². The summed E-state index contributed by atoms with van der Waals surface area (Å²) in [5, 5.41) is 4.37. The van der Waals surface area contributed by atoms with Gasteiger partial charge >= 0.3 is 0 Å². The van der Waals surface area contributed by atoms with Crippen molar-refractivity contribution in [2.75, 3.05) is 0 Å². The van der Waals surface area contributed by atoms with Crippen molar-refractivity contribution in [3.8, 4) is 22.4 Å². The van der Waals surface area contributed by atoms with Crippen molar-refractivity contribution in [1.29, 1.82) is 0 Å². The Morgan fingerprint density at radius 2 is 1.78 bits per heavy atom. The second kappa shape index (κ2) is 8.22. The predicted octanol–water partition coefficient (Wildman–Crippen LogP) is 2.50. The van der Waals surface area contributed by atoms with Gasteiger partial charge in [-0.25, -0.2) is 13.8 Å². The zero-order valence-corrected chi connectivity index (χ0v) is 17.4. The number of carbonyl (C=O) groups is 1. The van der Waals surface area contributed by atoms with Crippen LogP contribution in [0.4, 0.5) is 8.78 Å². The van der Waals surface area contributed by atoms with E-state index in [4.69, 9.17) is 5.73 Å². The van der Waals surface area contributed by atoms with Crippen molar-refractivity contribution < 1.29 is 13.6 Å². The molecule has 0 saturated carbocycles. The molecule has 10 heteroatoms. The fraction of sp³-hybridized carbons (Fsp3) is 0.182. The summed E-state index contributed by atoms with van der Waals surface area (Å²) in [5.41, 5.74) is 6.32. The molecule has 0 spiro atoms. The van der Waals surface area contributed by atoms with Gasteiger partial charge in [-0.05, 0) is 19.1 Å². The Morgan fingerprint density at radius 1 is 1.06 bits per heavy atom. The first-order valence-electron chi connectivity index (χ1n) is 9.77. The van der Waals surface area contributed by atoms with E-state index in [0.717, 1.165) is 0 Å². The molecule has 3 aromatic heterocycles. The van der Waals surface area contributed by atoms with E-state index in [1.807, 2.05) is 0 Å². The normalized spacial score (nSPS) is 11.1. The standard InChI is InChI=1S/C22H20F2N6O2/c1-13-16(12-30(27-13)10-9-29-8-4-3-5-18(29)31)14-6-7-15(20(24)19(14)23)17-11-26-22(21(25)32)28(17)2/h3-8,11-12H,9-10H2,1-2H3,(H2,25,32). The Kier molecular flexibility index (Phi) is 5.43. The van der Waals surface area contributed by atoms with Crippen molar-refractivity contribution in [1.82, 2.24) is 23.9 Å². The Bertz CT molecular complexity index is 1390. The third-order valence-electron chi connectivity index (χ3n) is 5.27. The average Bonchev–Trinajstić information content (AvgIpc) is 3.32. The number of imidazole rings is 1. The molecule has 1 amide bonds. The van der Waals surface area contributed by atoms with Crippen molar-refractivity contribution >= 4 is 5.91 Å². The van der Waals surface area contributed by atoms with Crippen LogP contribution in [0, 0.1) is 18.6 Å². The molecule has 3 heterocycles. The number of hydrogen-bond donors (Lipinski definition) is 1. The molecule has 2 N–H and O–H groups in total. The Morgan fingerprint density at radius 3 is 2.47 bits per heavy atom. The molecule has 0 aliphatic carbocycles. The highest BCUT2D eigenvalue weighted by Crippen LogP contribution is 2.32. The lowest BCUT2D eigenvalue weighted by molar-refractivity contribution is 0.0987. The predicted molar refractivity (Wildman–Crippen MR) is 114 cm³/mol. The molecule has 0 atom stereocenters. The van der Waals surface area contributed by atoms with E-state index in [1.54, 1.807) is 40.7 Å². The topological polar surface area (TPSA) is 101 Å². The summed E-state index contributed by atoms with van der Waals surface area (Å²) in [6.07, 6.45) is 4.57. The third kappa shape index (κ3) is 3.70. The van der Waals surface area contributed by atoms with Gasteiger partial charge in [0.05, 0.1) is 24.1 Å². The Hall–Kier alpha value is -4.08. The number of primary amides is 1. The summed E-state index contributed by atoms with van der Waals surface area (Å²) in [6.45, 7) is 2.47. The van der Waals surface area contributed by atoms with Crippen molar-refractivity contribution in [3.63, 3.8) is 0 Å². The van der Waals surface area contributed by atoms with Crippen LogP contribution in [0.2, 0.25) is 0 Å². The lowest BCUT2D eigenvalue weighted by Gasteiger charge is -2.09. The zero-order valence-electron chi connectivity index (χ0n) is 17.4. The van der Waals surface area contributed by atoms with Crippen LogP contribution in [0.15, 0.2) is 53.7 Å². The van der Waals surface area contributed by atoms with E-state index in [9.17, 15) is 14.0 Å². The second-order valence-electron chi connectivity index (χ2n) is 7.30. The van der Waals surface area contributed by atoms with Crippen LogP contribution in [-0.2, 0) is 20.1 Å². The molecule has 0 radical (unpaired) electrons. The van der Waals surface area contributed by atoms with Gasteiger partial charge in [-0.1, -0.05) is 12.1 Å². The molecule has 8 nitrogen and oxygen atoms in total. The minimum Gasteiger partial charge on any atom is -0.363 e. The molecule has 0 aliphatic heterocycles. The number of aryl methyl sites for hydroxylation is 3. The molecule has 0 unspecified atom stereocenters. The Balaban J connectivity index is 1.65. The third-order valence-corrected chi connectivity index (χ3v) is 5.27. The van der Waals surface area contributed by atoms with Crippen LogP contribution in [0.5, 0.6) is 0 Å². The number of hydrogen-bond acceptors (Lipinski definition) is 4. The molecule has 4 aromatic rings. The van der Waals surface area contributed by atoms with E-state index in [2.05, 4.69) is 10.1 Å². The fourth-order valence-corrected chi connectivity index (χ4v) is 3.60. The molecule has 0 saturated heterocycles. The van der Waals surface area contributed by atoms with Gasteiger partial charge in [-0.15, -0.1) is 0 Å². The summed E-state index contributed by atoms with van der Waals surface area (Å²) in [6, 6.07) is 7.77. The highest BCUT2D eigenvalue weighted by atomic mass is 19.2. The number of pyridine rings is 1. The van der Waals surface area contributed by atoms with E-state index >= 15 is 4.39 Å². The van der Waals surface area contributed by atoms with Crippen LogP contribution in [0.1, 0.15) is 16.3 Å². The molecule has 4 rings (SSSR count). The summed E-state index contributed by atoms with van der Waals surface area (Å²) < 4.78 is 34.5. The zero-order chi connectivity index (χ0) is 23.0. The average molecular weight is 438 g/mol. The van der Waals surface area contributed by atoms with Crippen LogP contribution >= 0.6 is 0 Å². The van der Waals surface area contributed by atoms with Gasteiger partial charge in [0.1, 0.15) is 0 Å². The van der Waals surface area contributed by atoms with Gasteiger partial charge in [0.25, 0.3) is 11.5 Å². The SMILES string of the molecule is Cc1nn(CCn2ccccc2=O)cc1-c1ccc(-c2cnc(C(N)=O)n2C)c(F)c1F. The second-order valence-corrected chi connectivity index (χ2v) is 7.30. The van der Waals surface area contributed by atoms with Crippen molar-refractivity contribution in [2.24, 2.45) is 12.8 Å². The first kappa shape index (κ1) is 21.2. The number of carbonyl (C=O) groups excluding carboxylic acids is 1. The lowest BCUT2D eigenvalue weighted by Crippen LogP contribution is -2.20. The van der Waals surface area contributed by atoms with Crippen molar-refractivity contribution in [2.45, 2.75) is 20.0 Å². The van der Waals surface area contributed by atoms with Gasteiger partial charge in [0, 0.05) is 48.7 Å².